The SMILES string of the molecule is Cc1cc(C(=O)OCOC(=O)c2ccc(N)c(C)c2)ccc1N. The number of nitrogens with two attached hydrogens (primary N) is 2. The number of anilines is 2. The molecule has 0 heterocycles. The van der Waals surface area contributed by atoms with E-state index in [4.69, 9.17) is 20.9 Å². The topological polar surface area (TPSA) is 105 Å². The van der Waals surface area contributed by atoms with E-state index in [0.29, 0.717) is 22.5 Å². The summed E-state index contributed by atoms with van der Waals surface area (Å²) in [4.78, 5) is 23.7. The molecule has 2 rings (SSSR count). The maximum absolute atomic E-state index is 11.9. The molecule has 0 spiro atoms. The molecular formula is C17H18N2O4. The summed E-state index contributed by atoms with van der Waals surface area (Å²) in [7, 11) is 0. The molecule has 0 aliphatic heterocycles. The second-order valence-electron chi connectivity index (χ2n) is 5.12. The van der Waals surface area contributed by atoms with Crippen LogP contribution >= 0.6 is 0 Å². The lowest BCUT2D eigenvalue weighted by atomic mass is 10.1. The third-order valence-electron chi connectivity index (χ3n) is 3.39. The zero-order chi connectivity index (χ0) is 17.0. The Kier molecular flexibility index (Phi) is 4.85. The highest BCUT2D eigenvalue weighted by atomic mass is 16.7. The number of carbonyl (C=O) groups excluding carboxylic acids is 2. The minimum absolute atomic E-state index is 0.344. The maximum Gasteiger partial charge on any atom is 0.341 e. The van der Waals surface area contributed by atoms with Crippen molar-refractivity contribution in [3.63, 3.8) is 0 Å². The van der Waals surface area contributed by atoms with Gasteiger partial charge in [-0.05, 0) is 61.4 Å². The minimum atomic E-state index is -0.589. The lowest BCUT2D eigenvalue weighted by Gasteiger charge is -2.08. The fourth-order valence-electron chi connectivity index (χ4n) is 1.91. The van der Waals surface area contributed by atoms with E-state index in [2.05, 4.69) is 0 Å². The number of ether oxygens (including phenoxy) is 2. The van der Waals surface area contributed by atoms with Crippen molar-refractivity contribution < 1.29 is 19.1 Å². The van der Waals surface area contributed by atoms with E-state index in [0.717, 1.165) is 11.1 Å². The lowest BCUT2D eigenvalue weighted by Crippen LogP contribution is -2.13. The first-order chi connectivity index (χ1) is 10.9. The van der Waals surface area contributed by atoms with Crippen LogP contribution in [0.1, 0.15) is 31.8 Å². The molecule has 2 aromatic carbocycles. The molecule has 0 fully saturated rings. The highest BCUT2D eigenvalue weighted by molar-refractivity contribution is 5.91. The van der Waals surface area contributed by atoms with Gasteiger partial charge in [0.1, 0.15) is 0 Å². The molecule has 120 valence electrons. The Labute approximate surface area is 134 Å². The largest absolute Gasteiger partial charge is 0.424 e. The molecule has 0 aliphatic rings. The predicted molar refractivity (Wildman–Crippen MR) is 86.9 cm³/mol. The quantitative estimate of drug-likeness (QED) is 0.510. The molecule has 0 saturated heterocycles. The van der Waals surface area contributed by atoms with Crippen LogP contribution in [0.15, 0.2) is 36.4 Å². The number of aryl methyl sites for hydroxylation is 2. The molecule has 4 N–H and O–H groups in total. The normalized spacial score (nSPS) is 10.2. The van der Waals surface area contributed by atoms with Gasteiger partial charge >= 0.3 is 11.9 Å². The van der Waals surface area contributed by atoms with Crippen molar-refractivity contribution in [2.24, 2.45) is 0 Å². The van der Waals surface area contributed by atoms with E-state index in [1.54, 1.807) is 50.2 Å². The minimum Gasteiger partial charge on any atom is -0.424 e. The molecule has 6 nitrogen and oxygen atoms in total. The molecule has 0 unspecified atom stereocenters. The van der Waals surface area contributed by atoms with Crippen molar-refractivity contribution in [3.05, 3.63) is 58.7 Å². The van der Waals surface area contributed by atoms with Crippen LogP contribution in [0, 0.1) is 13.8 Å². The van der Waals surface area contributed by atoms with Crippen molar-refractivity contribution in [3.8, 4) is 0 Å². The van der Waals surface area contributed by atoms with Gasteiger partial charge in [0.15, 0.2) is 0 Å². The number of esters is 2. The molecule has 6 heteroatoms. The van der Waals surface area contributed by atoms with E-state index >= 15 is 0 Å². The van der Waals surface area contributed by atoms with E-state index in [-0.39, 0.29) is 0 Å². The van der Waals surface area contributed by atoms with Gasteiger partial charge in [0.2, 0.25) is 6.79 Å². The molecule has 2 aromatic rings. The standard InChI is InChI=1S/C17H18N2O4/c1-10-7-12(3-5-14(10)18)16(20)22-9-23-17(21)13-4-6-15(19)11(2)8-13/h3-8H,9,18-19H2,1-2H3. The van der Waals surface area contributed by atoms with Crippen LogP contribution in [-0.4, -0.2) is 18.7 Å². The van der Waals surface area contributed by atoms with Crippen LogP contribution in [0.2, 0.25) is 0 Å². The van der Waals surface area contributed by atoms with Gasteiger partial charge in [0.25, 0.3) is 0 Å². The Morgan fingerprint density at radius 2 is 1.22 bits per heavy atom. The Bertz CT molecular complexity index is 693. The molecule has 23 heavy (non-hydrogen) atoms. The Morgan fingerprint density at radius 3 is 1.57 bits per heavy atom. The Balaban J connectivity index is 1.91. The van der Waals surface area contributed by atoms with Gasteiger partial charge in [-0.25, -0.2) is 9.59 Å². The van der Waals surface area contributed by atoms with Gasteiger partial charge in [-0.1, -0.05) is 0 Å². The van der Waals surface area contributed by atoms with Gasteiger partial charge in [0.05, 0.1) is 11.1 Å². The number of nitrogen functional groups attached to an aromatic ring is 2. The summed E-state index contributed by atoms with van der Waals surface area (Å²) >= 11 is 0. The number of carbonyl (C=O) groups is 2. The van der Waals surface area contributed by atoms with Crippen LogP contribution in [0.5, 0.6) is 0 Å². The van der Waals surface area contributed by atoms with Crippen molar-refractivity contribution >= 4 is 23.3 Å². The second kappa shape index (κ2) is 6.83. The average Bonchev–Trinajstić information content (AvgIpc) is 2.52. The van der Waals surface area contributed by atoms with Crippen LogP contribution in [0.4, 0.5) is 11.4 Å². The average molecular weight is 314 g/mol. The first-order valence-corrected chi connectivity index (χ1v) is 6.95. The third kappa shape index (κ3) is 4.00. The summed E-state index contributed by atoms with van der Waals surface area (Å²) in [5, 5.41) is 0. The summed E-state index contributed by atoms with van der Waals surface area (Å²) in [5.41, 5.74) is 14.8. The molecule has 0 bridgehead atoms. The van der Waals surface area contributed by atoms with Crippen LogP contribution < -0.4 is 11.5 Å². The first kappa shape index (κ1) is 16.4. The fraction of sp³-hybridized carbons (Fsp3) is 0.176. The van der Waals surface area contributed by atoms with Gasteiger partial charge in [-0.2, -0.15) is 0 Å². The molecule has 0 aliphatic carbocycles. The monoisotopic (exact) mass is 314 g/mol. The number of rotatable bonds is 4. The molecule has 0 radical (unpaired) electrons. The molecule has 0 aromatic heterocycles. The van der Waals surface area contributed by atoms with Gasteiger partial charge < -0.3 is 20.9 Å². The number of hydrogen-bond donors (Lipinski definition) is 2. The number of hydrogen-bond acceptors (Lipinski definition) is 6. The van der Waals surface area contributed by atoms with Crippen molar-refractivity contribution in [1.29, 1.82) is 0 Å². The Morgan fingerprint density at radius 1 is 0.826 bits per heavy atom. The summed E-state index contributed by atoms with van der Waals surface area (Å²) in [5.74, 6) is -1.18. The van der Waals surface area contributed by atoms with Crippen LogP contribution in [-0.2, 0) is 9.47 Å². The molecule has 0 amide bonds. The summed E-state index contributed by atoms with van der Waals surface area (Å²) < 4.78 is 9.84. The zero-order valence-corrected chi connectivity index (χ0v) is 13.0. The summed E-state index contributed by atoms with van der Waals surface area (Å²) in [6.45, 7) is 3.11. The van der Waals surface area contributed by atoms with Crippen LogP contribution in [0.25, 0.3) is 0 Å². The summed E-state index contributed by atoms with van der Waals surface area (Å²) in [6.07, 6.45) is 0. The molecular weight excluding hydrogens is 296 g/mol. The van der Waals surface area contributed by atoms with Crippen molar-refractivity contribution in [1.82, 2.24) is 0 Å². The smallest absolute Gasteiger partial charge is 0.341 e. The molecule has 0 atom stereocenters. The van der Waals surface area contributed by atoms with Gasteiger partial charge in [-0.15, -0.1) is 0 Å². The van der Waals surface area contributed by atoms with Crippen molar-refractivity contribution in [2.45, 2.75) is 13.8 Å². The maximum atomic E-state index is 11.9. The first-order valence-electron chi connectivity index (χ1n) is 6.95. The Hall–Kier alpha value is -3.02. The highest BCUT2D eigenvalue weighted by Crippen LogP contribution is 2.15. The van der Waals surface area contributed by atoms with E-state index in [9.17, 15) is 9.59 Å². The fourth-order valence-corrected chi connectivity index (χ4v) is 1.91. The van der Waals surface area contributed by atoms with Crippen LogP contribution in [0.3, 0.4) is 0 Å². The van der Waals surface area contributed by atoms with Crippen molar-refractivity contribution in [2.75, 3.05) is 18.3 Å². The zero-order valence-electron chi connectivity index (χ0n) is 13.0. The molecule has 0 saturated carbocycles. The number of benzene rings is 2. The predicted octanol–water partition coefficient (Wildman–Crippen LogP) is 2.44. The van der Waals surface area contributed by atoms with E-state index < -0.39 is 18.7 Å². The lowest BCUT2D eigenvalue weighted by molar-refractivity contribution is -0.0167. The highest BCUT2D eigenvalue weighted by Gasteiger charge is 2.12. The third-order valence-corrected chi connectivity index (χ3v) is 3.39. The van der Waals surface area contributed by atoms with Gasteiger partial charge in [0, 0.05) is 11.4 Å². The van der Waals surface area contributed by atoms with E-state index in [1.165, 1.54) is 0 Å². The van der Waals surface area contributed by atoms with E-state index in [1.807, 2.05) is 0 Å². The van der Waals surface area contributed by atoms with Gasteiger partial charge in [-0.3, -0.25) is 0 Å². The summed E-state index contributed by atoms with van der Waals surface area (Å²) in [6, 6.07) is 9.57. The second-order valence-corrected chi connectivity index (χ2v) is 5.12.